The van der Waals surface area contributed by atoms with Gasteiger partial charge in [0.25, 0.3) is 0 Å². The molecule has 2 aromatic rings. The highest BCUT2D eigenvalue weighted by atomic mass is 35.5. The van der Waals surface area contributed by atoms with Crippen LogP contribution in [0.1, 0.15) is 12.8 Å². The van der Waals surface area contributed by atoms with Crippen LogP contribution in [0.15, 0.2) is 36.5 Å². The van der Waals surface area contributed by atoms with Crippen molar-refractivity contribution in [1.82, 2.24) is 14.9 Å². The van der Waals surface area contributed by atoms with E-state index in [1.54, 1.807) is 6.20 Å². The number of aromatic nitrogens is 2. The molecule has 0 radical (unpaired) electrons. The Balaban J connectivity index is 1.56. The molecule has 0 unspecified atom stereocenters. The zero-order valence-electron chi connectivity index (χ0n) is 13.0. The number of benzene rings is 1. The molecule has 0 saturated carbocycles. The third kappa shape index (κ3) is 4.64. The molecule has 5 nitrogen and oxygen atoms in total. The van der Waals surface area contributed by atoms with Gasteiger partial charge in [-0.15, -0.1) is 0 Å². The molecule has 0 amide bonds. The van der Waals surface area contributed by atoms with Gasteiger partial charge in [0.2, 0.25) is 0 Å². The number of likely N-dealkylation sites (tertiary alicyclic amines) is 1. The molecule has 3 rings (SSSR count). The Morgan fingerprint density at radius 1 is 1.26 bits per heavy atom. The van der Waals surface area contributed by atoms with Crippen LogP contribution >= 0.6 is 11.6 Å². The third-order valence-corrected chi connectivity index (χ3v) is 4.26. The molecule has 1 aliphatic heterocycles. The first kappa shape index (κ1) is 16.2. The van der Waals surface area contributed by atoms with E-state index in [0.29, 0.717) is 10.8 Å². The number of halogens is 1. The number of rotatable bonds is 5. The zero-order valence-corrected chi connectivity index (χ0v) is 13.7. The summed E-state index contributed by atoms with van der Waals surface area (Å²) in [6.45, 7) is 3.69. The van der Waals surface area contributed by atoms with Gasteiger partial charge >= 0.3 is 0 Å². The number of nitrogens with one attached hydrogen (secondary N) is 1. The van der Waals surface area contributed by atoms with Crippen LogP contribution < -0.4 is 5.32 Å². The molecular weight excluding hydrogens is 312 g/mol. The van der Waals surface area contributed by atoms with E-state index in [1.807, 2.05) is 30.3 Å². The van der Waals surface area contributed by atoms with Crippen LogP contribution in [0.25, 0.3) is 11.4 Å². The van der Waals surface area contributed by atoms with E-state index in [0.717, 1.165) is 50.4 Å². The van der Waals surface area contributed by atoms with Crippen LogP contribution in [-0.2, 0) is 0 Å². The first-order valence-electron chi connectivity index (χ1n) is 7.94. The van der Waals surface area contributed by atoms with E-state index in [1.165, 1.54) is 0 Å². The van der Waals surface area contributed by atoms with Crippen LogP contribution in [0.3, 0.4) is 0 Å². The summed E-state index contributed by atoms with van der Waals surface area (Å²) < 4.78 is 0. The molecule has 1 aliphatic rings. The second kappa shape index (κ2) is 7.73. The first-order chi connectivity index (χ1) is 11.2. The van der Waals surface area contributed by atoms with Crippen LogP contribution in [0.2, 0.25) is 5.02 Å². The Hall–Kier alpha value is -1.69. The highest BCUT2D eigenvalue weighted by Crippen LogP contribution is 2.20. The summed E-state index contributed by atoms with van der Waals surface area (Å²) in [5.41, 5.74) is 0.908. The maximum atomic E-state index is 9.52. The second-order valence-corrected chi connectivity index (χ2v) is 6.21. The molecule has 122 valence electrons. The predicted molar refractivity (Wildman–Crippen MR) is 92.6 cm³/mol. The largest absolute Gasteiger partial charge is 0.393 e. The smallest absolute Gasteiger partial charge is 0.161 e. The zero-order chi connectivity index (χ0) is 16.1. The highest BCUT2D eigenvalue weighted by Gasteiger charge is 2.16. The Kier molecular flexibility index (Phi) is 5.43. The molecule has 1 aromatic carbocycles. The van der Waals surface area contributed by atoms with Gasteiger partial charge in [0.1, 0.15) is 5.82 Å². The summed E-state index contributed by atoms with van der Waals surface area (Å²) in [7, 11) is 0. The number of aliphatic hydroxyl groups excluding tert-OH is 1. The SMILES string of the molecule is OC1CCN(CCNc2ccnc(-c3cccc(Cl)c3)n2)CC1. The average Bonchev–Trinajstić information content (AvgIpc) is 2.57. The van der Waals surface area contributed by atoms with Crippen LogP contribution in [0, 0.1) is 0 Å². The normalized spacial score (nSPS) is 16.4. The predicted octanol–water partition coefficient (Wildman–Crippen LogP) is 2.67. The van der Waals surface area contributed by atoms with Gasteiger partial charge in [-0.3, -0.25) is 0 Å². The minimum absolute atomic E-state index is 0.124. The van der Waals surface area contributed by atoms with E-state index >= 15 is 0 Å². The maximum Gasteiger partial charge on any atom is 0.161 e. The number of anilines is 1. The highest BCUT2D eigenvalue weighted by molar-refractivity contribution is 6.30. The van der Waals surface area contributed by atoms with E-state index < -0.39 is 0 Å². The van der Waals surface area contributed by atoms with Gasteiger partial charge in [0.05, 0.1) is 6.10 Å². The molecule has 0 bridgehead atoms. The molecule has 0 spiro atoms. The summed E-state index contributed by atoms with van der Waals surface area (Å²) in [6.07, 6.45) is 3.36. The van der Waals surface area contributed by atoms with Crippen molar-refractivity contribution in [3.05, 3.63) is 41.6 Å². The van der Waals surface area contributed by atoms with Crippen molar-refractivity contribution in [3.63, 3.8) is 0 Å². The molecule has 6 heteroatoms. The van der Waals surface area contributed by atoms with Crippen LogP contribution in [0.4, 0.5) is 5.82 Å². The molecule has 1 aromatic heterocycles. The summed E-state index contributed by atoms with van der Waals surface area (Å²) >= 11 is 6.02. The lowest BCUT2D eigenvalue weighted by atomic mass is 10.1. The van der Waals surface area contributed by atoms with Crippen LogP contribution in [0.5, 0.6) is 0 Å². The molecule has 0 atom stereocenters. The lowest BCUT2D eigenvalue weighted by Crippen LogP contribution is -2.38. The standard InChI is InChI=1S/C17H21ClN4O/c18-14-3-1-2-13(12-14)17-20-7-4-16(21-17)19-8-11-22-9-5-15(23)6-10-22/h1-4,7,12,15,23H,5-6,8-11H2,(H,19,20,21). The Morgan fingerprint density at radius 3 is 2.87 bits per heavy atom. The van der Waals surface area contributed by atoms with Gasteiger partial charge in [0.15, 0.2) is 5.82 Å². The van der Waals surface area contributed by atoms with Crippen LogP contribution in [-0.4, -0.2) is 52.3 Å². The summed E-state index contributed by atoms with van der Waals surface area (Å²) in [5, 5.41) is 13.5. The van der Waals surface area contributed by atoms with Gasteiger partial charge in [0, 0.05) is 43.0 Å². The first-order valence-corrected chi connectivity index (χ1v) is 8.32. The van der Waals surface area contributed by atoms with Gasteiger partial charge in [-0.2, -0.15) is 0 Å². The van der Waals surface area contributed by atoms with Crippen molar-refractivity contribution >= 4 is 17.4 Å². The monoisotopic (exact) mass is 332 g/mol. The quantitative estimate of drug-likeness (QED) is 0.881. The minimum Gasteiger partial charge on any atom is -0.393 e. The third-order valence-electron chi connectivity index (χ3n) is 4.03. The fourth-order valence-electron chi connectivity index (χ4n) is 2.71. The number of nitrogens with zero attached hydrogens (tertiary/aromatic N) is 3. The number of hydrogen-bond donors (Lipinski definition) is 2. The molecule has 23 heavy (non-hydrogen) atoms. The topological polar surface area (TPSA) is 61.3 Å². The lowest BCUT2D eigenvalue weighted by Gasteiger charge is -2.29. The Morgan fingerprint density at radius 2 is 2.09 bits per heavy atom. The van der Waals surface area contributed by atoms with E-state index in [-0.39, 0.29) is 6.10 Å². The Bertz CT molecular complexity index is 644. The summed E-state index contributed by atoms with van der Waals surface area (Å²) in [6, 6.07) is 9.41. The number of aliphatic hydroxyl groups is 1. The Labute approximate surface area is 141 Å². The molecule has 1 fully saturated rings. The van der Waals surface area contributed by atoms with Crippen molar-refractivity contribution < 1.29 is 5.11 Å². The van der Waals surface area contributed by atoms with Crippen molar-refractivity contribution in [2.75, 3.05) is 31.5 Å². The molecule has 1 saturated heterocycles. The van der Waals surface area contributed by atoms with Gasteiger partial charge in [-0.05, 0) is 31.0 Å². The van der Waals surface area contributed by atoms with Crippen molar-refractivity contribution in [3.8, 4) is 11.4 Å². The molecule has 2 heterocycles. The summed E-state index contributed by atoms with van der Waals surface area (Å²) in [5.74, 6) is 1.48. The number of piperidine rings is 1. The fraction of sp³-hybridized carbons (Fsp3) is 0.412. The second-order valence-electron chi connectivity index (χ2n) is 5.78. The van der Waals surface area contributed by atoms with Crippen molar-refractivity contribution in [2.45, 2.75) is 18.9 Å². The summed E-state index contributed by atoms with van der Waals surface area (Å²) in [4.78, 5) is 11.2. The fourth-order valence-corrected chi connectivity index (χ4v) is 2.90. The molecule has 2 N–H and O–H groups in total. The molecule has 0 aliphatic carbocycles. The van der Waals surface area contributed by atoms with Gasteiger partial charge < -0.3 is 15.3 Å². The van der Waals surface area contributed by atoms with Crippen molar-refractivity contribution in [1.29, 1.82) is 0 Å². The number of hydrogen-bond acceptors (Lipinski definition) is 5. The molecular formula is C17H21ClN4O. The van der Waals surface area contributed by atoms with Crippen molar-refractivity contribution in [2.24, 2.45) is 0 Å². The van der Waals surface area contributed by atoms with E-state index in [4.69, 9.17) is 11.6 Å². The van der Waals surface area contributed by atoms with E-state index in [2.05, 4.69) is 20.2 Å². The lowest BCUT2D eigenvalue weighted by molar-refractivity contribution is 0.0845. The minimum atomic E-state index is -0.124. The van der Waals surface area contributed by atoms with Gasteiger partial charge in [-0.1, -0.05) is 23.7 Å². The maximum absolute atomic E-state index is 9.52. The van der Waals surface area contributed by atoms with Gasteiger partial charge in [-0.25, -0.2) is 9.97 Å². The van der Waals surface area contributed by atoms with E-state index in [9.17, 15) is 5.11 Å². The average molecular weight is 333 g/mol.